The van der Waals surface area contributed by atoms with Crippen LogP contribution >= 0.6 is 0 Å². The highest BCUT2D eigenvalue weighted by Crippen LogP contribution is 2.49. The quantitative estimate of drug-likeness (QED) is 0.235. The third-order valence-corrected chi connectivity index (χ3v) is 8.06. The SMILES string of the molecule is CC(C)=CCCC(C)=CCON=C1C[C@@H](O)[C@@H](O)[C@@H]2[C@@H]3C(=O)N(C[C@@H]4CCCO4)C(=O)[C@@H]3CC[C@H]12. The maximum Gasteiger partial charge on any atom is 0.233 e. The normalized spacial score (nSPS) is 36.4. The molecular formula is C27H40N2O6. The molecule has 194 valence electrons. The number of nitrogens with zero attached hydrogens (tertiary/aromatic N) is 2. The lowest BCUT2D eigenvalue weighted by Crippen LogP contribution is -2.54. The number of aliphatic hydroxyl groups is 2. The number of imide groups is 1. The number of fused-ring (bicyclic) bond motifs is 3. The van der Waals surface area contributed by atoms with Crippen molar-refractivity contribution in [2.75, 3.05) is 19.8 Å². The lowest BCUT2D eigenvalue weighted by Gasteiger charge is -2.45. The van der Waals surface area contributed by atoms with Crippen LogP contribution in [-0.2, 0) is 19.2 Å². The van der Waals surface area contributed by atoms with Crippen molar-refractivity contribution >= 4 is 17.5 Å². The number of ether oxygens (including phenoxy) is 1. The summed E-state index contributed by atoms with van der Waals surface area (Å²) in [6, 6.07) is 0. The fourth-order valence-electron chi connectivity index (χ4n) is 6.20. The molecule has 8 nitrogen and oxygen atoms in total. The van der Waals surface area contributed by atoms with E-state index in [4.69, 9.17) is 9.57 Å². The van der Waals surface area contributed by atoms with Gasteiger partial charge in [-0.2, -0.15) is 0 Å². The molecule has 7 atom stereocenters. The van der Waals surface area contributed by atoms with E-state index in [-0.39, 0.29) is 36.8 Å². The Labute approximate surface area is 208 Å². The lowest BCUT2D eigenvalue weighted by atomic mass is 9.60. The molecule has 2 aliphatic heterocycles. The Morgan fingerprint density at radius 2 is 1.89 bits per heavy atom. The van der Waals surface area contributed by atoms with E-state index < -0.39 is 30.0 Å². The van der Waals surface area contributed by atoms with Crippen molar-refractivity contribution in [3.8, 4) is 0 Å². The average Bonchev–Trinajstić information content (AvgIpc) is 3.42. The lowest BCUT2D eigenvalue weighted by molar-refractivity contribution is -0.143. The molecule has 8 heteroatoms. The van der Waals surface area contributed by atoms with Crippen molar-refractivity contribution in [1.29, 1.82) is 0 Å². The van der Waals surface area contributed by atoms with Gasteiger partial charge in [0.15, 0.2) is 0 Å². The standard InChI is InChI=1S/C27H40N2O6/c1-16(2)6-4-7-17(3)11-13-35-28-21-14-22(30)25(31)23-19(21)9-10-20-24(23)27(33)29(26(20)32)15-18-8-5-12-34-18/h6,11,18-20,22-25,30-31H,4-5,7-10,12-15H2,1-3H3/t18-,19+,20+,22+,23-,24+,25+/m0/s1. The molecule has 0 bridgehead atoms. The predicted octanol–water partition coefficient (Wildman–Crippen LogP) is 2.98. The number of aliphatic hydroxyl groups excluding tert-OH is 2. The van der Waals surface area contributed by atoms with Gasteiger partial charge in [0.1, 0.15) is 6.61 Å². The summed E-state index contributed by atoms with van der Waals surface area (Å²) in [5.74, 6) is -2.20. The number of carbonyl (C=O) groups is 2. The van der Waals surface area contributed by atoms with Crippen LogP contribution in [0.2, 0.25) is 0 Å². The number of allylic oxidation sites excluding steroid dienone is 3. The van der Waals surface area contributed by atoms with Crippen LogP contribution in [-0.4, -0.2) is 70.7 Å². The fraction of sp³-hybridized carbons (Fsp3) is 0.741. The third kappa shape index (κ3) is 5.70. The molecule has 4 fully saturated rings. The van der Waals surface area contributed by atoms with Crippen molar-refractivity contribution in [3.05, 3.63) is 23.3 Å². The number of hydrogen-bond donors (Lipinski definition) is 2. The summed E-state index contributed by atoms with van der Waals surface area (Å²) >= 11 is 0. The number of likely N-dealkylation sites (tertiary alicyclic amines) is 1. The monoisotopic (exact) mass is 488 g/mol. The summed E-state index contributed by atoms with van der Waals surface area (Å²) < 4.78 is 5.65. The zero-order valence-electron chi connectivity index (χ0n) is 21.2. The highest BCUT2D eigenvalue weighted by molar-refractivity contribution is 6.06. The first-order valence-electron chi connectivity index (χ1n) is 13.1. The molecule has 0 spiro atoms. The second-order valence-electron chi connectivity index (χ2n) is 10.8. The molecule has 2 saturated carbocycles. The summed E-state index contributed by atoms with van der Waals surface area (Å²) in [5, 5.41) is 25.9. The largest absolute Gasteiger partial charge is 0.392 e. The predicted molar refractivity (Wildman–Crippen MR) is 131 cm³/mol. The van der Waals surface area contributed by atoms with Gasteiger partial charge in [-0.05, 0) is 65.4 Å². The molecule has 2 aliphatic carbocycles. The molecule has 0 aromatic rings. The van der Waals surface area contributed by atoms with Gasteiger partial charge in [0, 0.05) is 24.9 Å². The molecule has 35 heavy (non-hydrogen) atoms. The Morgan fingerprint density at radius 1 is 1.11 bits per heavy atom. The van der Waals surface area contributed by atoms with Gasteiger partial charge < -0.3 is 19.8 Å². The van der Waals surface area contributed by atoms with Gasteiger partial charge in [0.25, 0.3) is 0 Å². The summed E-state index contributed by atoms with van der Waals surface area (Å²) in [4.78, 5) is 33.4. The first kappa shape index (κ1) is 26.0. The molecule has 0 radical (unpaired) electrons. The van der Waals surface area contributed by atoms with E-state index in [0.29, 0.717) is 31.8 Å². The maximum absolute atomic E-state index is 13.4. The van der Waals surface area contributed by atoms with E-state index in [1.807, 2.05) is 6.08 Å². The summed E-state index contributed by atoms with van der Waals surface area (Å²) in [6.07, 6.45) is 7.17. The third-order valence-electron chi connectivity index (χ3n) is 8.06. The number of carbonyl (C=O) groups excluding carboxylic acids is 2. The van der Waals surface area contributed by atoms with Crippen LogP contribution in [0.3, 0.4) is 0 Å². The summed E-state index contributed by atoms with van der Waals surface area (Å²) in [5.41, 5.74) is 3.21. The number of rotatable bonds is 8. The van der Waals surface area contributed by atoms with E-state index in [1.165, 1.54) is 16.0 Å². The van der Waals surface area contributed by atoms with Crippen LogP contribution in [0.4, 0.5) is 0 Å². The van der Waals surface area contributed by atoms with Crippen molar-refractivity contribution in [3.63, 3.8) is 0 Å². The van der Waals surface area contributed by atoms with Gasteiger partial charge in [-0.25, -0.2) is 0 Å². The second kappa shape index (κ2) is 11.4. The van der Waals surface area contributed by atoms with Crippen molar-refractivity contribution < 1.29 is 29.4 Å². The minimum Gasteiger partial charge on any atom is -0.392 e. The first-order valence-corrected chi connectivity index (χ1v) is 13.1. The summed E-state index contributed by atoms with van der Waals surface area (Å²) in [6.45, 7) is 7.52. The summed E-state index contributed by atoms with van der Waals surface area (Å²) in [7, 11) is 0. The Bertz CT molecular complexity index is 886. The molecular weight excluding hydrogens is 448 g/mol. The molecule has 2 amide bonds. The van der Waals surface area contributed by atoms with Crippen LogP contribution in [0.15, 0.2) is 28.5 Å². The maximum atomic E-state index is 13.4. The minimum atomic E-state index is -1.07. The molecule has 4 rings (SSSR count). The van der Waals surface area contributed by atoms with Crippen LogP contribution in [0.25, 0.3) is 0 Å². The molecule has 2 N–H and O–H groups in total. The molecule has 2 saturated heterocycles. The molecule has 0 aromatic carbocycles. The topological polar surface area (TPSA) is 109 Å². The van der Waals surface area contributed by atoms with E-state index in [2.05, 4.69) is 32.0 Å². The van der Waals surface area contributed by atoms with Crippen molar-refractivity contribution in [2.45, 2.75) is 84.0 Å². The fourth-order valence-corrected chi connectivity index (χ4v) is 6.20. The molecule has 4 aliphatic rings. The Hall–Kier alpha value is -2.03. The molecule has 0 unspecified atom stereocenters. The van der Waals surface area contributed by atoms with Gasteiger partial charge in [0.2, 0.25) is 11.8 Å². The van der Waals surface area contributed by atoms with Crippen LogP contribution in [0, 0.1) is 23.7 Å². The highest BCUT2D eigenvalue weighted by Gasteiger charge is 2.59. The molecule has 0 aromatic heterocycles. The van der Waals surface area contributed by atoms with E-state index >= 15 is 0 Å². The van der Waals surface area contributed by atoms with Crippen molar-refractivity contribution in [2.24, 2.45) is 28.8 Å². The van der Waals surface area contributed by atoms with E-state index in [9.17, 15) is 19.8 Å². The zero-order chi connectivity index (χ0) is 25.1. The average molecular weight is 489 g/mol. The van der Waals surface area contributed by atoms with Crippen LogP contribution < -0.4 is 0 Å². The van der Waals surface area contributed by atoms with Crippen LogP contribution in [0.1, 0.15) is 65.7 Å². The number of amides is 2. The molecule has 2 heterocycles. The van der Waals surface area contributed by atoms with Gasteiger partial charge >= 0.3 is 0 Å². The zero-order valence-corrected chi connectivity index (χ0v) is 21.2. The Balaban J connectivity index is 1.43. The Kier molecular flexibility index (Phi) is 8.45. The van der Waals surface area contributed by atoms with Gasteiger partial charge in [-0.3, -0.25) is 14.5 Å². The van der Waals surface area contributed by atoms with E-state index in [0.717, 1.165) is 25.7 Å². The number of hydrogen-bond acceptors (Lipinski definition) is 7. The van der Waals surface area contributed by atoms with Gasteiger partial charge in [0.05, 0.1) is 42.4 Å². The second-order valence-corrected chi connectivity index (χ2v) is 10.8. The minimum absolute atomic E-state index is 0.107. The Morgan fingerprint density at radius 3 is 2.60 bits per heavy atom. The first-order chi connectivity index (χ1) is 16.8. The van der Waals surface area contributed by atoms with Crippen LogP contribution in [0.5, 0.6) is 0 Å². The van der Waals surface area contributed by atoms with E-state index in [1.54, 1.807) is 0 Å². The van der Waals surface area contributed by atoms with Crippen molar-refractivity contribution in [1.82, 2.24) is 4.90 Å². The highest BCUT2D eigenvalue weighted by atomic mass is 16.6. The van der Waals surface area contributed by atoms with Gasteiger partial charge in [-0.15, -0.1) is 0 Å². The number of oxime groups is 1. The van der Waals surface area contributed by atoms with Gasteiger partial charge in [-0.1, -0.05) is 22.4 Å². The smallest absolute Gasteiger partial charge is 0.233 e.